The Labute approximate surface area is 137 Å². The minimum atomic E-state index is -0.540. The molecule has 2 rings (SSSR count). The summed E-state index contributed by atoms with van der Waals surface area (Å²) in [5.41, 5.74) is 1.02. The molecule has 0 aliphatic carbocycles. The first kappa shape index (κ1) is 16.1. The molecule has 0 atom stereocenters. The Morgan fingerprint density at radius 1 is 1.00 bits per heavy atom. The van der Waals surface area contributed by atoms with Crippen molar-refractivity contribution in [3.63, 3.8) is 0 Å². The summed E-state index contributed by atoms with van der Waals surface area (Å²) in [6, 6.07) is 10.6. The van der Waals surface area contributed by atoms with Gasteiger partial charge in [0, 0.05) is 15.7 Å². The zero-order valence-electron chi connectivity index (χ0n) is 11.5. The van der Waals surface area contributed by atoms with Gasteiger partial charge < -0.3 is 15.4 Å². The molecular formula is C15H12Cl2N2O3. The molecular weight excluding hydrogens is 327 g/mol. The zero-order valence-corrected chi connectivity index (χ0v) is 13.0. The average molecular weight is 339 g/mol. The van der Waals surface area contributed by atoms with E-state index < -0.39 is 12.0 Å². The van der Waals surface area contributed by atoms with Crippen molar-refractivity contribution in [2.75, 3.05) is 17.7 Å². The molecule has 2 aromatic rings. The summed E-state index contributed by atoms with van der Waals surface area (Å²) in [6.07, 6.45) is 0. The molecule has 2 N–H and O–H groups in total. The standard InChI is InChI=1S/C15H12Cl2N2O3/c1-22-14(20)12-4-2-3-5-13(12)19-15(21)18-11-7-9(16)6-10(17)8-11/h2-8H,1H3,(H2,18,19,21). The van der Waals surface area contributed by atoms with E-state index in [0.29, 0.717) is 21.4 Å². The summed E-state index contributed by atoms with van der Waals surface area (Å²) in [5.74, 6) is -0.540. The zero-order chi connectivity index (χ0) is 16.1. The number of amides is 2. The molecule has 7 heteroatoms. The molecule has 22 heavy (non-hydrogen) atoms. The second-order valence-corrected chi connectivity index (χ2v) is 5.15. The van der Waals surface area contributed by atoms with Gasteiger partial charge in [-0.3, -0.25) is 0 Å². The first-order valence-electron chi connectivity index (χ1n) is 6.21. The molecule has 2 amide bonds. The smallest absolute Gasteiger partial charge is 0.339 e. The molecule has 0 fully saturated rings. The lowest BCUT2D eigenvalue weighted by Gasteiger charge is -2.11. The molecule has 5 nitrogen and oxygen atoms in total. The predicted octanol–water partition coefficient (Wildman–Crippen LogP) is 4.42. The molecule has 0 saturated carbocycles. The van der Waals surface area contributed by atoms with Gasteiger partial charge in [-0.2, -0.15) is 0 Å². The fourth-order valence-corrected chi connectivity index (χ4v) is 2.32. The Morgan fingerprint density at radius 2 is 1.64 bits per heavy atom. The van der Waals surface area contributed by atoms with Crippen LogP contribution in [0.2, 0.25) is 10.0 Å². The molecule has 0 aliphatic rings. The lowest BCUT2D eigenvalue weighted by molar-refractivity contribution is 0.0602. The molecule has 0 aromatic heterocycles. The predicted molar refractivity (Wildman–Crippen MR) is 86.9 cm³/mol. The van der Waals surface area contributed by atoms with Crippen LogP contribution in [0.1, 0.15) is 10.4 Å². The maximum absolute atomic E-state index is 12.0. The number of halogens is 2. The Bertz CT molecular complexity index is 699. The molecule has 0 unspecified atom stereocenters. The highest BCUT2D eigenvalue weighted by molar-refractivity contribution is 6.35. The SMILES string of the molecule is COC(=O)c1ccccc1NC(=O)Nc1cc(Cl)cc(Cl)c1. The fourth-order valence-electron chi connectivity index (χ4n) is 1.79. The molecule has 0 saturated heterocycles. The van der Waals surface area contributed by atoms with Gasteiger partial charge in [-0.1, -0.05) is 35.3 Å². The van der Waals surface area contributed by atoms with Crippen LogP contribution in [0.3, 0.4) is 0 Å². The van der Waals surface area contributed by atoms with E-state index in [1.54, 1.807) is 42.5 Å². The number of ether oxygens (including phenoxy) is 1. The third-order valence-electron chi connectivity index (χ3n) is 2.70. The normalized spacial score (nSPS) is 9.95. The number of hydrogen-bond donors (Lipinski definition) is 2. The highest BCUT2D eigenvalue weighted by Crippen LogP contribution is 2.23. The number of urea groups is 1. The number of nitrogens with one attached hydrogen (secondary N) is 2. The minimum absolute atomic E-state index is 0.254. The van der Waals surface area contributed by atoms with E-state index in [9.17, 15) is 9.59 Å². The fraction of sp³-hybridized carbons (Fsp3) is 0.0667. The lowest BCUT2D eigenvalue weighted by Crippen LogP contribution is -2.21. The Hall–Kier alpha value is -2.24. The van der Waals surface area contributed by atoms with Crippen LogP contribution in [0, 0.1) is 0 Å². The number of anilines is 2. The number of para-hydroxylation sites is 1. The van der Waals surface area contributed by atoms with Gasteiger partial charge in [0.15, 0.2) is 0 Å². The van der Waals surface area contributed by atoms with E-state index in [4.69, 9.17) is 23.2 Å². The van der Waals surface area contributed by atoms with Crippen molar-refractivity contribution in [2.24, 2.45) is 0 Å². The average Bonchev–Trinajstić information content (AvgIpc) is 2.45. The van der Waals surface area contributed by atoms with Gasteiger partial charge >= 0.3 is 12.0 Å². The minimum Gasteiger partial charge on any atom is -0.465 e. The van der Waals surface area contributed by atoms with E-state index in [0.717, 1.165) is 0 Å². The van der Waals surface area contributed by atoms with Gasteiger partial charge in [-0.25, -0.2) is 9.59 Å². The highest BCUT2D eigenvalue weighted by atomic mass is 35.5. The van der Waals surface area contributed by atoms with Crippen molar-refractivity contribution in [1.82, 2.24) is 0 Å². The van der Waals surface area contributed by atoms with Crippen molar-refractivity contribution in [3.05, 3.63) is 58.1 Å². The first-order valence-corrected chi connectivity index (χ1v) is 6.96. The van der Waals surface area contributed by atoms with Crippen LogP contribution < -0.4 is 10.6 Å². The van der Waals surface area contributed by atoms with Crippen molar-refractivity contribution in [2.45, 2.75) is 0 Å². The molecule has 0 spiro atoms. The van der Waals surface area contributed by atoms with Crippen LogP contribution in [0.15, 0.2) is 42.5 Å². The van der Waals surface area contributed by atoms with Gasteiger partial charge in [0.1, 0.15) is 0 Å². The summed E-state index contributed by atoms with van der Waals surface area (Å²) < 4.78 is 4.66. The maximum atomic E-state index is 12.0. The molecule has 114 valence electrons. The second kappa shape index (κ2) is 7.15. The van der Waals surface area contributed by atoms with E-state index in [2.05, 4.69) is 15.4 Å². The quantitative estimate of drug-likeness (QED) is 0.813. The van der Waals surface area contributed by atoms with Gasteiger partial charge in [0.2, 0.25) is 0 Å². The van der Waals surface area contributed by atoms with E-state index >= 15 is 0 Å². The van der Waals surface area contributed by atoms with Crippen LogP contribution in [0.5, 0.6) is 0 Å². The largest absolute Gasteiger partial charge is 0.465 e. The summed E-state index contributed by atoms with van der Waals surface area (Å²) in [5, 5.41) is 5.96. The van der Waals surface area contributed by atoms with Crippen LogP contribution in [0.4, 0.5) is 16.2 Å². The number of carbonyl (C=O) groups excluding carboxylic acids is 2. The van der Waals surface area contributed by atoms with E-state index in [1.165, 1.54) is 7.11 Å². The summed E-state index contributed by atoms with van der Waals surface area (Å²) in [6.45, 7) is 0. The number of rotatable bonds is 3. The maximum Gasteiger partial charge on any atom is 0.339 e. The third-order valence-corrected chi connectivity index (χ3v) is 3.14. The topological polar surface area (TPSA) is 67.4 Å². The van der Waals surface area contributed by atoms with Gasteiger partial charge in [0.25, 0.3) is 0 Å². The molecule has 0 bridgehead atoms. The first-order chi connectivity index (χ1) is 10.5. The van der Waals surface area contributed by atoms with Crippen LogP contribution in [0.25, 0.3) is 0 Å². The monoisotopic (exact) mass is 338 g/mol. The van der Waals surface area contributed by atoms with Crippen molar-refractivity contribution in [1.29, 1.82) is 0 Å². The number of carbonyl (C=O) groups is 2. The van der Waals surface area contributed by atoms with Crippen molar-refractivity contribution < 1.29 is 14.3 Å². The van der Waals surface area contributed by atoms with Gasteiger partial charge in [-0.15, -0.1) is 0 Å². The third kappa shape index (κ3) is 4.13. The van der Waals surface area contributed by atoms with E-state index in [-0.39, 0.29) is 5.56 Å². The molecule has 0 heterocycles. The summed E-state index contributed by atoms with van der Waals surface area (Å²) in [7, 11) is 1.27. The summed E-state index contributed by atoms with van der Waals surface area (Å²) >= 11 is 11.7. The number of esters is 1. The van der Waals surface area contributed by atoms with Crippen molar-refractivity contribution >= 4 is 46.6 Å². The second-order valence-electron chi connectivity index (χ2n) is 4.27. The van der Waals surface area contributed by atoms with Crippen LogP contribution in [-0.2, 0) is 4.74 Å². The van der Waals surface area contributed by atoms with Crippen molar-refractivity contribution in [3.8, 4) is 0 Å². The van der Waals surface area contributed by atoms with Crippen LogP contribution in [-0.4, -0.2) is 19.1 Å². The van der Waals surface area contributed by atoms with E-state index in [1.807, 2.05) is 0 Å². The number of benzene rings is 2. The molecule has 2 aromatic carbocycles. The number of hydrogen-bond acceptors (Lipinski definition) is 3. The van der Waals surface area contributed by atoms with Crippen LogP contribution >= 0.6 is 23.2 Å². The Morgan fingerprint density at radius 3 is 2.27 bits per heavy atom. The lowest BCUT2D eigenvalue weighted by atomic mass is 10.2. The highest BCUT2D eigenvalue weighted by Gasteiger charge is 2.13. The Balaban J connectivity index is 2.14. The summed E-state index contributed by atoms with van der Waals surface area (Å²) in [4.78, 5) is 23.6. The van der Waals surface area contributed by atoms with Gasteiger partial charge in [0.05, 0.1) is 18.4 Å². The molecule has 0 aliphatic heterocycles. The van der Waals surface area contributed by atoms with Gasteiger partial charge in [-0.05, 0) is 30.3 Å². The number of methoxy groups -OCH3 is 1. The molecule has 0 radical (unpaired) electrons. The Kier molecular flexibility index (Phi) is 5.25.